The topological polar surface area (TPSA) is 128 Å². The highest BCUT2D eigenvalue weighted by Gasteiger charge is 2.19. The van der Waals surface area contributed by atoms with Gasteiger partial charge in [-0.05, 0) is 42.3 Å². The molecule has 4 aromatic rings. The van der Waals surface area contributed by atoms with Crippen LogP contribution in [-0.2, 0) is 13.1 Å². The number of nitro benzene ring substituents is 1. The molecule has 0 fully saturated rings. The van der Waals surface area contributed by atoms with Gasteiger partial charge in [0.25, 0.3) is 11.6 Å². The highest BCUT2D eigenvalue weighted by molar-refractivity contribution is 5.95. The fourth-order valence-electron chi connectivity index (χ4n) is 3.43. The van der Waals surface area contributed by atoms with Crippen molar-refractivity contribution in [3.05, 3.63) is 112 Å². The van der Waals surface area contributed by atoms with E-state index in [1.54, 1.807) is 35.4 Å². The highest BCUT2D eigenvalue weighted by atomic mass is 16.6. The summed E-state index contributed by atoms with van der Waals surface area (Å²) in [7, 11) is 0. The van der Waals surface area contributed by atoms with E-state index in [0.29, 0.717) is 18.8 Å². The Bertz CT molecular complexity index is 1260. The lowest BCUT2D eigenvalue weighted by Crippen LogP contribution is -2.23. The SMILES string of the molecule is CC(Nc1ccc(C(=O)NCc2ccc(Cn3cncn3)cc2)cc1[N+](=O)[O-])c1ccccn1. The Hall–Kier alpha value is -4.60. The first kappa shape index (κ1) is 22.6. The molecular formula is C24H23N7O3. The van der Waals surface area contributed by atoms with Crippen molar-refractivity contribution >= 4 is 17.3 Å². The summed E-state index contributed by atoms with van der Waals surface area (Å²) in [4.78, 5) is 32.0. The van der Waals surface area contributed by atoms with E-state index in [2.05, 4.69) is 25.7 Å². The molecule has 0 bridgehead atoms. The third kappa shape index (κ3) is 5.60. The number of pyridine rings is 1. The number of carbonyl (C=O) groups is 1. The number of nitro groups is 1. The fourth-order valence-corrected chi connectivity index (χ4v) is 3.43. The molecule has 0 aliphatic carbocycles. The summed E-state index contributed by atoms with van der Waals surface area (Å²) in [6, 6.07) is 17.4. The number of carbonyl (C=O) groups excluding carboxylic acids is 1. The van der Waals surface area contributed by atoms with E-state index >= 15 is 0 Å². The molecule has 0 aliphatic heterocycles. The maximum Gasteiger partial charge on any atom is 0.293 e. The molecule has 1 unspecified atom stereocenters. The number of benzene rings is 2. The molecule has 2 aromatic carbocycles. The van der Waals surface area contributed by atoms with Crippen LogP contribution < -0.4 is 10.6 Å². The Kier molecular flexibility index (Phi) is 6.87. The maximum absolute atomic E-state index is 12.6. The second-order valence-corrected chi connectivity index (χ2v) is 7.70. The van der Waals surface area contributed by atoms with Crippen molar-refractivity contribution in [3.63, 3.8) is 0 Å². The highest BCUT2D eigenvalue weighted by Crippen LogP contribution is 2.29. The lowest BCUT2D eigenvalue weighted by molar-refractivity contribution is -0.384. The van der Waals surface area contributed by atoms with Crippen molar-refractivity contribution in [1.82, 2.24) is 25.1 Å². The van der Waals surface area contributed by atoms with Crippen molar-refractivity contribution in [1.29, 1.82) is 0 Å². The third-order valence-corrected chi connectivity index (χ3v) is 5.25. The quantitative estimate of drug-likeness (QED) is 0.289. The molecule has 0 spiro atoms. The average molecular weight is 457 g/mol. The minimum atomic E-state index is -0.502. The molecule has 4 rings (SSSR count). The summed E-state index contributed by atoms with van der Waals surface area (Å²) >= 11 is 0. The number of hydrogen-bond donors (Lipinski definition) is 2. The molecule has 0 saturated carbocycles. The molecular weight excluding hydrogens is 434 g/mol. The van der Waals surface area contributed by atoms with E-state index in [1.807, 2.05) is 43.3 Å². The summed E-state index contributed by atoms with van der Waals surface area (Å²) in [5.41, 5.74) is 3.08. The predicted molar refractivity (Wildman–Crippen MR) is 126 cm³/mol. The van der Waals surface area contributed by atoms with Crippen LogP contribution in [0.5, 0.6) is 0 Å². The van der Waals surface area contributed by atoms with Crippen molar-refractivity contribution in [2.24, 2.45) is 0 Å². The van der Waals surface area contributed by atoms with E-state index in [1.165, 1.54) is 12.4 Å². The Labute approximate surface area is 195 Å². The van der Waals surface area contributed by atoms with Gasteiger partial charge in [0, 0.05) is 24.4 Å². The molecule has 1 amide bonds. The molecule has 2 aromatic heterocycles. The third-order valence-electron chi connectivity index (χ3n) is 5.25. The van der Waals surface area contributed by atoms with Crippen LogP contribution in [0.25, 0.3) is 0 Å². The van der Waals surface area contributed by atoms with Crippen LogP contribution in [0.15, 0.2) is 79.5 Å². The minimum absolute atomic E-state index is 0.173. The van der Waals surface area contributed by atoms with E-state index in [4.69, 9.17) is 0 Å². The summed E-state index contributed by atoms with van der Waals surface area (Å²) in [6.07, 6.45) is 4.80. The van der Waals surface area contributed by atoms with Gasteiger partial charge in [-0.15, -0.1) is 0 Å². The zero-order chi connectivity index (χ0) is 23.9. The molecule has 2 heterocycles. The van der Waals surface area contributed by atoms with Crippen molar-refractivity contribution in [2.75, 3.05) is 5.32 Å². The van der Waals surface area contributed by atoms with Gasteiger partial charge in [-0.2, -0.15) is 5.10 Å². The number of nitrogens with zero attached hydrogens (tertiary/aromatic N) is 5. The number of aromatic nitrogens is 4. The van der Waals surface area contributed by atoms with Crippen LogP contribution in [0.2, 0.25) is 0 Å². The second kappa shape index (κ2) is 10.3. The number of rotatable bonds is 9. The molecule has 2 N–H and O–H groups in total. The van der Waals surface area contributed by atoms with Gasteiger partial charge in [0.15, 0.2) is 0 Å². The van der Waals surface area contributed by atoms with E-state index in [0.717, 1.165) is 16.8 Å². The predicted octanol–water partition coefficient (Wildman–Crippen LogP) is 3.73. The smallest absolute Gasteiger partial charge is 0.293 e. The maximum atomic E-state index is 12.6. The standard InChI is InChI=1S/C24H23N7O3/c1-17(21-4-2-3-11-26-21)29-22-10-9-20(12-23(22)31(33)34)24(32)27-13-18-5-7-19(8-6-18)14-30-16-25-15-28-30/h2-12,15-17,29H,13-14H2,1H3,(H,27,32). The van der Waals surface area contributed by atoms with Gasteiger partial charge in [0.2, 0.25) is 0 Å². The zero-order valence-electron chi connectivity index (χ0n) is 18.5. The monoisotopic (exact) mass is 457 g/mol. The van der Waals surface area contributed by atoms with E-state index < -0.39 is 4.92 Å². The molecule has 34 heavy (non-hydrogen) atoms. The van der Waals surface area contributed by atoms with Crippen molar-refractivity contribution < 1.29 is 9.72 Å². The second-order valence-electron chi connectivity index (χ2n) is 7.70. The molecule has 0 radical (unpaired) electrons. The summed E-state index contributed by atoms with van der Waals surface area (Å²) in [6.45, 7) is 2.77. The lowest BCUT2D eigenvalue weighted by atomic mass is 10.1. The largest absolute Gasteiger partial charge is 0.371 e. The lowest BCUT2D eigenvalue weighted by Gasteiger charge is -2.15. The molecule has 10 heteroatoms. The molecule has 10 nitrogen and oxygen atoms in total. The van der Waals surface area contributed by atoms with Crippen LogP contribution in [0.4, 0.5) is 11.4 Å². The molecule has 1 atom stereocenters. The van der Waals surface area contributed by atoms with Gasteiger partial charge in [-0.1, -0.05) is 30.3 Å². The number of amides is 1. The summed E-state index contributed by atoms with van der Waals surface area (Å²) in [5, 5.41) is 21.6. The van der Waals surface area contributed by atoms with Gasteiger partial charge in [-0.25, -0.2) is 9.67 Å². The molecule has 0 saturated heterocycles. The fraction of sp³-hybridized carbons (Fsp3) is 0.167. The minimum Gasteiger partial charge on any atom is -0.371 e. The van der Waals surface area contributed by atoms with Crippen LogP contribution in [0.3, 0.4) is 0 Å². The first-order valence-corrected chi connectivity index (χ1v) is 10.6. The van der Waals surface area contributed by atoms with Gasteiger partial charge >= 0.3 is 0 Å². The van der Waals surface area contributed by atoms with Crippen LogP contribution in [-0.4, -0.2) is 30.6 Å². The Morgan fingerprint density at radius 2 is 1.91 bits per heavy atom. The van der Waals surface area contributed by atoms with Gasteiger partial charge in [-0.3, -0.25) is 19.9 Å². The zero-order valence-corrected chi connectivity index (χ0v) is 18.5. The van der Waals surface area contributed by atoms with Gasteiger partial charge < -0.3 is 10.6 Å². The number of nitrogens with one attached hydrogen (secondary N) is 2. The molecule has 172 valence electrons. The van der Waals surface area contributed by atoms with Crippen LogP contribution in [0, 0.1) is 10.1 Å². The summed E-state index contributed by atoms with van der Waals surface area (Å²) < 4.78 is 1.72. The van der Waals surface area contributed by atoms with Crippen LogP contribution in [0.1, 0.15) is 40.1 Å². The van der Waals surface area contributed by atoms with E-state index in [9.17, 15) is 14.9 Å². The number of anilines is 1. The Morgan fingerprint density at radius 3 is 2.59 bits per heavy atom. The van der Waals surface area contributed by atoms with E-state index in [-0.39, 0.29) is 23.2 Å². The first-order valence-electron chi connectivity index (χ1n) is 10.6. The molecule has 0 aliphatic rings. The van der Waals surface area contributed by atoms with Gasteiger partial charge in [0.05, 0.1) is 23.2 Å². The number of hydrogen-bond acceptors (Lipinski definition) is 7. The normalized spacial score (nSPS) is 11.6. The summed E-state index contributed by atoms with van der Waals surface area (Å²) in [5.74, 6) is -0.390. The average Bonchev–Trinajstić information content (AvgIpc) is 3.37. The van der Waals surface area contributed by atoms with Crippen molar-refractivity contribution in [2.45, 2.75) is 26.1 Å². The Morgan fingerprint density at radius 1 is 1.12 bits per heavy atom. The van der Waals surface area contributed by atoms with Crippen LogP contribution >= 0.6 is 0 Å². The van der Waals surface area contributed by atoms with Crippen molar-refractivity contribution in [3.8, 4) is 0 Å². The Balaban J connectivity index is 1.39. The van der Waals surface area contributed by atoms with Gasteiger partial charge in [0.1, 0.15) is 18.3 Å². The first-order chi connectivity index (χ1) is 16.5.